The van der Waals surface area contributed by atoms with Crippen LogP contribution in [0.2, 0.25) is 0 Å². The Balaban J connectivity index is 1.96. The van der Waals surface area contributed by atoms with Gasteiger partial charge in [-0.05, 0) is 31.2 Å². The molecule has 0 atom stereocenters. The van der Waals surface area contributed by atoms with Gasteiger partial charge in [0, 0.05) is 11.9 Å². The first kappa shape index (κ1) is 9.45. The van der Waals surface area contributed by atoms with Crippen LogP contribution in [0.3, 0.4) is 0 Å². The Labute approximate surface area is 88.4 Å². The molecule has 4 heteroatoms. The molecule has 0 aliphatic heterocycles. The van der Waals surface area contributed by atoms with Crippen molar-refractivity contribution >= 4 is 11.4 Å². The number of pyridine rings is 2. The van der Waals surface area contributed by atoms with E-state index in [1.807, 2.05) is 31.2 Å². The summed E-state index contributed by atoms with van der Waals surface area (Å²) in [5, 5.41) is 0. The van der Waals surface area contributed by atoms with Gasteiger partial charge < -0.3 is 0 Å². The second-order valence-corrected chi connectivity index (χ2v) is 3.18. The van der Waals surface area contributed by atoms with Crippen LogP contribution in [-0.4, -0.2) is 9.97 Å². The zero-order valence-corrected chi connectivity index (χ0v) is 8.44. The third kappa shape index (κ3) is 2.67. The van der Waals surface area contributed by atoms with Gasteiger partial charge in [-0.1, -0.05) is 0 Å². The quantitative estimate of drug-likeness (QED) is 0.746. The molecule has 0 amide bonds. The summed E-state index contributed by atoms with van der Waals surface area (Å²) < 4.78 is 0. The number of aryl methyl sites for hydroxylation is 1. The van der Waals surface area contributed by atoms with E-state index in [0.717, 1.165) is 17.1 Å². The van der Waals surface area contributed by atoms with E-state index in [1.165, 1.54) is 0 Å². The van der Waals surface area contributed by atoms with E-state index < -0.39 is 0 Å². The van der Waals surface area contributed by atoms with E-state index in [-0.39, 0.29) is 0 Å². The van der Waals surface area contributed by atoms with E-state index in [2.05, 4.69) is 20.8 Å². The van der Waals surface area contributed by atoms with Crippen LogP contribution in [-0.2, 0) is 0 Å². The Kier molecular flexibility index (Phi) is 2.78. The molecule has 76 valence electrons. The van der Waals surface area contributed by atoms with Gasteiger partial charge in [0.05, 0.1) is 23.8 Å². The van der Waals surface area contributed by atoms with E-state index in [1.54, 1.807) is 18.6 Å². The molecule has 0 aliphatic rings. The summed E-state index contributed by atoms with van der Waals surface area (Å²) in [5.74, 6) is 0. The van der Waals surface area contributed by atoms with Crippen LogP contribution >= 0.6 is 0 Å². The number of rotatable bonds is 3. The number of aromatic nitrogens is 2. The third-order valence-corrected chi connectivity index (χ3v) is 1.92. The van der Waals surface area contributed by atoms with Crippen molar-refractivity contribution in [1.82, 2.24) is 9.97 Å². The minimum absolute atomic E-state index is 0.915. The maximum absolute atomic E-state index is 4.17. The smallest absolute Gasteiger partial charge is 0.0723 e. The van der Waals surface area contributed by atoms with Crippen molar-refractivity contribution in [2.45, 2.75) is 6.92 Å². The predicted molar refractivity (Wildman–Crippen MR) is 60.5 cm³/mol. The van der Waals surface area contributed by atoms with Gasteiger partial charge in [0.15, 0.2) is 0 Å². The summed E-state index contributed by atoms with van der Waals surface area (Å²) in [6.07, 6.45) is 5.26. The zero-order valence-electron chi connectivity index (χ0n) is 8.44. The minimum atomic E-state index is 0.915. The molecule has 0 aliphatic carbocycles. The molecule has 0 aromatic carbocycles. The molecule has 0 radical (unpaired) electrons. The number of nitrogens with zero attached hydrogens (tertiary/aromatic N) is 2. The van der Waals surface area contributed by atoms with E-state index in [9.17, 15) is 0 Å². The average molecular weight is 200 g/mol. The highest BCUT2D eigenvalue weighted by Gasteiger charge is 1.92. The van der Waals surface area contributed by atoms with E-state index in [0.29, 0.717) is 0 Å². The molecule has 2 N–H and O–H groups in total. The number of hydrazine groups is 1. The number of hydrogen-bond acceptors (Lipinski definition) is 4. The summed E-state index contributed by atoms with van der Waals surface area (Å²) >= 11 is 0. The van der Waals surface area contributed by atoms with Crippen LogP contribution in [0.1, 0.15) is 5.69 Å². The lowest BCUT2D eigenvalue weighted by Gasteiger charge is -2.08. The van der Waals surface area contributed by atoms with E-state index in [4.69, 9.17) is 0 Å². The Morgan fingerprint density at radius 2 is 1.80 bits per heavy atom. The standard InChI is InChI=1S/C11H12N4/c1-9-4-5-11(8-13-9)15-14-10-3-2-6-12-7-10/h2-8,14-15H,1H3. The van der Waals surface area contributed by atoms with Crippen molar-refractivity contribution in [2.75, 3.05) is 10.9 Å². The van der Waals surface area contributed by atoms with Gasteiger partial charge in [-0.15, -0.1) is 0 Å². The van der Waals surface area contributed by atoms with Crippen molar-refractivity contribution < 1.29 is 0 Å². The molecule has 0 bridgehead atoms. The lowest BCUT2D eigenvalue weighted by molar-refractivity contribution is 1.19. The SMILES string of the molecule is Cc1ccc(NNc2cccnc2)cn1. The predicted octanol–water partition coefficient (Wildman–Crippen LogP) is 2.22. The fourth-order valence-corrected chi connectivity index (χ4v) is 1.12. The van der Waals surface area contributed by atoms with Gasteiger partial charge in [-0.25, -0.2) is 0 Å². The van der Waals surface area contributed by atoms with Crippen molar-refractivity contribution in [3.63, 3.8) is 0 Å². The van der Waals surface area contributed by atoms with Gasteiger partial charge in [-0.2, -0.15) is 0 Å². The molecule has 0 fully saturated rings. The first-order chi connectivity index (χ1) is 7.34. The van der Waals surface area contributed by atoms with Crippen LogP contribution in [0.25, 0.3) is 0 Å². The Morgan fingerprint density at radius 1 is 1.00 bits per heavy atom. The monoisotopic (exact) mass is 200 g/mol. The lowest BCUT2D eigenvalue weighted by atomic mass is 10.3. The lowest BCUT2D eigenvalue weighted by Crippen LogP contribution is -2.08. The molecule has 15 heavy (non-hydrogen) atoms. The molecule has 4 nitrogen and oxygen atoms in total. The largest absolute Gasteiger partial charge is 0.299 e. The first-order valence-electron chi connectivity index (χ1n) is 4.69. The van der Waals surface area contributed by atoms with Crippen molar-refractivity contribution in [1.29, 1.82) is 0 Å². The van der Waals surface area contributed by atoms with E-state index >= 15 is 0 Å². The second-order valence-electron chi connectivity index (χ2n) is 3.18. The van der Waals surface area contributed by atoms with Crippen LogP contribution in [0.15, 0.2) is 42.9 Å². The number of nitrogens with one attached hydrogen (secondary N) is 2. The van der Waals surface area contributed by atoms with Crippen LogP contribution in [0, 0.1) is 6.92 Å². The summed E-state index contributed by atoms with van der Waals surface area (Å²) in [5.41, 5.74) is 8.90. The van der Waals surface area contributed by atoms with Crippen molar-refractivity contribution in [3.05, 3.63) is 48.5 Å². The summed E-state index contributed by atoms with van der Waals surface area (Å²) in [6, 6.07) is 7.72. The molecule has 2 aromatic rings. The molecule has 2 rings (SSSR count). The summed E-state index contributed by atoms with van der Waals surface area (Å²) in [4.78, 5) is 8.17. The van der Waals surface area contributed by atoms with Gasteiger partial charge in [0.1, 0.15) is 0 Å². The molecule has 2 heterocycles. The van der Waals surface area contributed by atoms with Crippen LogP contribution in [0.5, 0.6) is 0 Å². The van der Waals surface area contributed by atoms with Crippen LogP contribution in [0.4, 0.5) is 11.4 Å². The van der Waals surface area contributed by atoms with Gasteiger partial charge in [0.25, 0.3) is 0 Å². The van der Waals surface area contributed by atoms with Gasteiger partial charge in [0.2, 0.25) is 0 Å². The fraction of sp³-hybridized carbons (Fsp3) is 0.0909. The first-order valence-corrected chi connectivity index (χ1v) is 4.69. The average Bonchev–Trinajstić information content (AvgIpc) is 2.30. The fourth-order valence-electron chi connectivity index (χ4n) is 1.12. The highest BCUT2D eigenvalue weighted by atomic mass is 15.4. The van der Waals surface area contributed by atoms with Crippen molar-refractivity contribution in [3.8, 4) is 0 Å². The number of hydrogen-bond donors (Lipinski definition) is 2. The zero-order chi connectivity index (χ0) is 10.5. The molecule has 0 saturated carbocycles. The Hall–Kier alpha value is -2.10. The van der Waals surface area contributed by atoms with Gasteiger partial charge >= 0.3 is 0 Å². The van der Waals surface area contributed by atoms with Crippen molar-refractivity contribution in [2.24, 2.45) is 0 Å². The molecule has 0 spiro atoms. The normalized spacial score (nSPS) is 9.67. The van der Waals surface area contributed by atoms with Gasteiger partial charge in [-0.3, -0.25) is 20.8 Å². The summed E-state index contributed by atoms with van der Waals surface area (Å²) in [7, 11) is 0. The molecular weight excluding hydrogens is 188 g/mol. The molecule has 0 saturated heterocycles. The maximum Gasteiger partial charge on any atom is 0.0723 e. The molecule has 2 aromatic heterocycles. The Morgan fingerprint density at radius 3 is 2.40 bits per heavy atom. The molecule has 0 unspecified atom stereocenters. The maximum atomic E-state index is 4.17. The highest BCUT2D eigenvalue weighted by Crippen LogP contribution is 2.07. The topological polar surface area (TPSA) is 49.8 Å². The minimum Gasteiger partial charge on any atom is -0.299 e. The second kappa shape index (κ2) is 4.41. The third-order valence-electron chi connectivity index (χ3n) is 1.92. The summed E-state index contributed by atoms with van der Waals surface area (Å²) in [6.45, 7) is 1.96. The highest BCUT2D eigenvalue weighted by molar-refractivity contribution is 5.50. The Bertz CT molecular complexity index is 410. The van der Waals surface area contributed by atoms with Crippen LogP contribution < -0.4 is 10.9 Å². The number of anilines is 2. The molecular formula is C11H12N4.